The van der Waals surface area contributed by atoms with Crippen LogP contribution in [0.15, 0.2) is 48.7 Å². The maximum atomic E-state index is 12.2. The van der Waals surface area contributed by atoms with E-state index in [-0.39, 0.29) is 12.3 Å². The molecule has 0 bridgehead atoms. The van der Waals surface area contributed by atoms with Crippen LogP contribution in [0, 0.1) is 13.8 Å². The molecule has 0 aliphatic heterocycles. The van der Waals surface area contributed by atoms with Gasteiger partial charge in [0.05, 0.1) is 6.10 Å². The Kier molecular flexibility index (Phi) is 5.97. The van der Waals surface area contributed by atoms with E-state index < -0.39 is 12.5 Å². The number of hydrogen-bond donors (Lipinski definition) is 2. The van der Waals surface area contributed by atoms with Gasteiger partial charge in [-0.05, 0) is 43.7 Å². The average molecular weight is 404 g/mol. The van der Waals surface area contributed by atoms with Crippen LogP contribution in [0.4, 0.5) is 19.0 Å². The third-order valence-electron chi connectivity index (χ3n) is 4.24. The monoisotopic (exact) mass is 404 g/mol. The number of ether oxygens (including phenoxy) is 1. The first-order chi connectivity index (χ1) is 13.7. The number of pyridine rings is 1. The highest BCUT2D eigenvalue weighted by Gasteiger charge is 2.31. The Balaban J connectivity index is 1.71. The minimum atomic E-state index is -4.75. The van der Waals surface area contributed by atoms with Crippen LogP contribution in [0.2, 0.25) is 0 Å². The summed E-state index contributed by atoms with van der Waals surface area (Å²) < 4.78 is 40.5. The number of alkyl halides is 3. The molecule has 0 aliphatic rings. The smallest absolute Gasteiger partial charge is 0.406 e. The topological polar surface area (TPSA) is 80.2 Å². The van der Waals surface area contributed by atoms with Gasteiger partial charge in [0.1, 0.15) is 17.3 Å². The number of nitrogens with one attached hydrogen (secondary N) is 1. The lowest BCUT2D eigenvalue weighted by atomic mass is 10.1. The molecule has 0 radical (unpaired) electrons. The number of rotatable bonds is 6. The zero-order valence-corrected chi connectivity index (χ0v) is 15.7. The van der Waals surface area contributed by atoms with E-state index in [2.05, 4.69) is 25.0 Å². The third kappa shape index (κ3) is 5.41. The van der Waals surface area contributed by atoms with Gasteiger partial charge in [-0.2, -0.15) is 0 Å². The van der Waals surface area contributed by atoms with Gasteiger partial charge < -0.3 is 15.2 Å². The van der Waals surface area contributed by atoms with Crippen LogP contribution in [0.3, 0.4) is 0 Å². The van der Waals surface area contributed by atoms with Crippen LogP contribution in [0.5, 0.6) is 5.75 Å². The first-order valence-electron chi connectivity index (χ1n) is 8.77. The van der Waals surface area contributed by atoms with E-state index in [1.165, 1.54) is 12.1 Å². The number of aliphatic hydroxyl groups is 1. The second-order valence-electron chi connectivity index (χ2n) is 6.33. The van der Waals surface area contributed by atoms with Gasteiger partial charge in [-0.1, -0.05) is 18.2 Å². The number of benzene rings is 1. The maximum absolute atomic E-state index is 12.2. The van der Waals surface area contributed by atoms with Crippen LogP contribution in [-0.2, 0) is 0 Å². The molecule has 3 rings (SSSR count). The van der Waals surface area contributed by atoms with Crippen LogP contribution in [-0.4, -0.2) is 33.0 Å². The molecule has 29 heavy (non-hydrogen) atoms. The summed E-state index contributed by atoms with van der Waals surface area (Å²) in [7, 11) is 0. The number of aliphatic hydroxyl groups excluding tert-OH is 1. The predicted molar refractivity (Wildman–Crippen MR) is 101 cm³/mol. The van der Waals surface area contributed by atoms with Crippen LogP contribution < -0.4 is 10.1 Å². The summed E-state index contributed by atoms with van der Waals surface area (Å²) in [5.74, 6) is 0.664. The van der Waals surface area contributed by atoms with Gasteiger partial charge in [0, 0.05) is 24.0 Å². The van der Waals surface area contributed by atoms with E-state index in [1.807, 2.05) is 19.9 Å². The lowest BCUT2D eigenvalue weighted by molar-refractivity contribution is -0.274. The fourth-order valence-corrected chi connectivity index (χ4v) is 2.61. The number of hydrogen-bond acceptors (Lipinski definition) is 6. The first-order valence-corrected chi connectivity index (χ1v) is 8.77. The Bertz CT molecular complexity index is 964. The predicted octanol–water partition coefficient (Wildman–Crippen LogP) is 4.20. The fraction of sp³-hybridized carbons (Fsp3) is 0.250. The molecule has 2 N–H and O–H groups in total. The largest absolute Gasteiger partial charge is 0.573 e. The molecule has 0 amide bonds. The Morgan fingerprint density at radius 1 is 1.07 bits per heavy atom. The van der Waals surface area contributed by atoms with Gasteiger partial charge in [0.25, 0.3) is 0 Å². The Morgan fingerprint density at radius 2 is 1.79 bits per heavy atom. The number of aryl methyl sites for hydroxylation is 1. The van der Waals surface area contributed by atoms with Crippen LogP contribution >= 0.6 is 0 Å². The molecule has 0 saturated heterocycles. The Hall–Kier alpha value is -3.20. The van der Waals surface area contributed by atoms with E-state index in [9.17, 15) is 18.3 Å². The van der Waals surface area contributed by atoms with Crippen molar-refractivity contribution < 1.29 is 23.0 Å². The van der Waals surface area contributed by atoms with Crippen LogP contribution in [0.1, 0.15) is 22.9 Å². The fourth-order valence-electron chi connectivity index (χ4n) is 2.61. The molecule has 9 heteroatoms. The lowest BCUT2D eigenvalue weighted by Crippen LogP contribution is -2.17. The number of anilines is 1. The van der Waals surface area contributed by atoms with Gasteiger partial charge in [-0.3, -0.25) is 4.98 Å². The SMILES string of the molecule is Cc1nc(-c2ccccn2)nc(NCC(O)c2ccc(OC(F)(F)F)cc2)c1C. The summed E-state index contributed by atoms with van der Waals surface area (Å²) in [6.45, 7) is 3.82. The van der Waals surface area contributed by atoms with Crippen LogP contribution in [0.25, 0.3) is 11.5 Å². The second kappa shape index (κ2) is 8.44. The molecule has 1 aromatic carbocycles. The Labute approximate surface area is 165 Å². The highest BCUT2D eigenvalue weighted by Crippen LogP contribution is 2.25. The highest BCUT2D eigenvalue weighted by atomic mass is 19.4. The van der Waals surface area contributed by atoms with Crippen molar-refractivity contribution in [2.24, 2.45) is 0 Å². The van der Waals surface area contributed by atoms with Crippen molar-refractivity contribution in [3.8, 4) is 17.3 Å². The van der Waals surface area contributed by atoms with E-state index in [0.717, 1.165) is 23.4 Å². The molecule has 1 atom stereocenters. The molecule has 152 valence electrons. The van der Waals surface area contributed by atoms with E-state index in [0.29, 0.717) is 22.9 Å². The summed E-state index contributed by atoms with van der Waals surface area (Å²) in [6, 6.07) is 10.5. The quantitative estimate of drug-likeness (QED) is 0.641. The molecular formula is C20H19F3N4O2. The van der Waals surface area contributed by atoms with Crippen molar-refractivity contribution in [1.82, 2.24) is 15.0 Å². The molecule has 6 nitrogen and oxygen atoms in total. The zero-order chi connectivity index (χ0) is 21.0. The minimum Gasteiger partial charge on any atom is -0.406 e. The van der Waals surface area contributed by atoms with Crippen molar-refractivity contribution in [2.45, 2.75) is 26.3 Å². The molecule has 0 saturated carbocycles. The summed E-state index contributed by atoms with van der Waals surface area (Å²) in [5.41, 5.74) is 2.66. The van der Waals surface area contributed by atoms with Crippen molar-refractivity contribution in [3.05, 3.63) is 65.5 Å². The van der Waals surface area contributed by atoms with Crippen molar-refractivity contribution in [1.29, 1.82) is 0 Å². The van der Waals surface area contributed by atoms with Gasteiger partial charge >= 0.3 is 6.36 Å². The summed E-state index contributed by atoms with van der Waals surface area (Å²) in [5, 5.41) is 13.4. The van der Waals surface area contributed by atoms with E-state index in [4.69, 9.17) is 0 Å². The average Bonchev–Trinajstić information content (AvgIpc) is 2.68. The van der Waals surface area contributed by atoms with Gasteiger partial charge in [0.2, 0.25) is 0 Å². The number of aromatic nitrogens is 3. The summed E-state index contributed by atoms with van der Waals surface area (Å²) in [4.78, 5) is 13.2. The molecular weight excluding hydrogens is 385 g/mol. The molecule has 0 spiro atoms. The maximum Gasteiger partial charge on any atom is 0.573 e. The molecule has 0 aliphatic carbocycles. The highest BCUT2D eigenvalue weighted by molar-refractivity contribution is 5.56. The lowest BCUT2D eigenvalue weighted by Gasteiger charge is -2.16. The first kappa shape index (κ1) is 20.5. The molecule has 1 unspecified atom stereocenters. The minimum absolute atomic E-state index is 0.110. The summed E-state index contributed by atoms with van der Waals surface area (Å²) >= 11 is 0. The van der Waals surface area contributed by atoms with E-state index in [1.54, 1.807) is 18.3 Å². The van der Waals surface area contributed by atoms with Gasteiger partial charge in [-0.15, -0.1) is 13.2 Å². The standard InChI is InChI=1S/C20H19F3N4O2/c1-12-13(2)26-19(16-5-3-4-10-24-16)27-18(12)25-11-17(28)14-6-8-15(9-7-14)29-20(21,22)23/h3-10,17,28H,11H2,1-2H3,(H,25,26,27). The molecule has 3 aromatic rings. The van der Waals surface area contributed by atoms with Crippen molar-refractivity contribution in [3.63, 3.8) is 0 Å². The normalized spacial score (nSPS) is 12.5. The van der Waals surface area contributed by atoms with Crippen molar-refractivity contribution >= 4 is 5.82 Å². The summed E-state index contributed by atoms with van der Waals surface area (Å²) in [6.07, 6.45) is -4.06. The van der Waals surface area contributed by atoms with Gasteiger partial charge in [-0.25, -0.2) is 9.97 Å². The Morgan fingerprint density at radius 3 is 2.41 bits per heavy atom. The molecule has 2 aromatic heterocycles. The molecule has 0 fully saturated rings. The van der Waals surface area contributed by atoms with E-state index >= 15 is 0 Å². The van der Waals surface area contributed by atoms with Gasteiger partial charge in [0.15, 0.2) is 5.82 Å². The zero-order valence-electron chi connectivity index (χ0n) is 15.7. The number of halogens is 3. The number of nitrogens with zero attached hydrogens (tertiary/aromatic N) is 3. The van der Waals surface area contributed by atoms with Crippen molar-refractivity contribution in [2.75, 3.05) is 11.9 Å². The third-order valence-corrected chi connectivity index (χ3v) is 4.24. The molecule has 2 heterocycles. The second-order valence-corrected chi connectivity index (χ2v) is 6.33.